The lowest BCUT2D eigenvalue weighted by Gasteiger charge is -2.11. The molecule has 0 saturated carbocycles. The van der Waals surface area contributed by atoms with Crippen molar-refractivity contribution in [3.05, 3.63) is 53.3 Å². The van der Waals surface area contributed by atoms with Crippen LogP contribution in [0.4, 0.5) is 0 Å². The van der Waals surface area contributed by atoms with Crippen molar-refractivity contribution in [2.75, 3.05) is 0 Å². The Morgan fingerprint density at radius 2 is 1.15 bits per heavy atom. The SMILES string of the molecule is O=c1oc(=O)c2c(C(Cl)(Cl)Cl)c3c(=O)oc(=O)c3cc12. The molecule has 2 aromatic heterocycles. The van der Waals surface area contributed by atoms with Crippen LogP contribution in [0.25, 0.3) is 21.5 Å². The van der Waals surface area contributed by atoms with E-state index in [0.29, 0.717) is 0 Å². The van der Waals surface area contributed by atoms with E-state index in [9.17, 15) is 19.2 Å². The van der Waals surface area contributed by atoms with Gasteiger partial charge in [-0.15, -0.1) is 0 Å². The number of benzene rings is 1. The van der Waals surface area contributed by atoms with E-state index in [2.05, 4.69) is 8.83 Å². The number of hydrogen-bond donors (Lipinski definition) is 0. The van der Waals surface area contributed by atoms with Gasteiger partial charge in [-0.1, -0.05) is 34.8 Å². The largest absolute Gasteiger partial charge is 0.386 e. The molecule has 3 aromatic rings. The van der Waals surface area contributed by atoms with Crippen LogP contribution in [0, 0.1) is 0 Å². The number of hydrogen-bond acceptors (Lipinski definition) is 6. The molecule has 0 fully saturated rings. The first-order chi connectivity index (χ1) is 9.21. The normalized spacial score (nSPS) is 12.6. The van der Waals surface area contributed by atoms with Crippen LogP contribution >= 0.6 is 34.8 Å². The average molecular weight is 335 g/mol. The van der Waals surface area contributed by atoms with E-state index >= 15 is 0 Å². The molecule has 3 rings (SSSR count). The Morgan fingerprint density at radius 1 is 0.750 bits per heavy atom. The van der Waals surface area contributed by atoms with E-state index in [1.54, 1.807) is 0 Å². The van der Waals surface area contributed by atoms with Crippen molar-refractivity contribution in [1.82, 2.24) is 0 Å². The second-order valence-corrected chi connectivity index (χ2v) is 6.23. The van der Waals surface area contributed by atoms with Crippen LogP contribution in [-0.4, -0.2) is 0 Å². The summed E-state index contributed by atoms with van der Waals surface area (Å²) in [5.74, 6) is 0. The smallest absolute Gasteiger partial charge is 0.347 e. The molecule has 0 aliphatic carbocycles. The number of rotatable bonds is 0. The quantitative estimate of drug-likeness (QED) is 0.575. The standard InChI is InChI=1S/C11HCl3O6/c12-11(13,14)6-4-2(7(15)19-9(4)17)1-3-5(6)10(18)20-8(3)16/h1H. The van der Waals surface area contributed by atoms with E-state index in [0.717, 1.165) is 6.07 Å². The van der Waals surface area contributed by atoms with Crippen molar-refractivity contribution >= 4 is 56.3 Å². The van der Waals surface area contributed by atoms with Gasteiger partial charge in [0.1, 0.15) is 0 Å². The van der Waals surface area contributed by atoms with Gasteiger partial charge in [0.05, 0.1) is 21.5 Å². The molecule has 0 saturated heterocycles. The number of furan rings is 2. The number of alkyl halides is 3. The second-order valence-electron chi connectivity index (χ2n) is 3.95. The molecule has 20 heavy (non-hydrogen) atoms. The molecule has 1 aromatic carbocycles. The molecule has 0 atom stereocenters. The minimum Gasteiger partial charge on any atom is -0.386 e. The van der Waals surface area contributed by atoms with Crippen LogP contribution in [0.15, 0.2) is 34.1 Å². The fraction of sp³-hybridized carbons (Fsp3) is 0.0909. The minimum absolute atomic E-state index is 0.248. The maximum Gasteiger partial charge on any atom is 0.347 e. The van der Waals surface area contributed by atoms with Crippen LogP contribution in [0.3, 0.4) is 0 Å². The molecule has 0 unspecified atom stereocenters. The highest BCUT2D eigenvalue weighted by Crippen LogP contribution is 2.43. The van der Waals surface area contributed by atoms with Gasteiger partial charge in [-0.05, 0) is 6.07 Å². The van der Waals surface area contributed by atoms with E-state index in [1.807, 2.05) is 0 Å². The Kier molecular flexibility index (Phi) is 2.63. The molecule has 0 bridgehead atoms. The fourth-order valence-electron chi connectivity index (χ4n) is 2.09. The van der Waals surface area contributed by atoms with Gasteiger partial charge < -0.3 is 8.83 Å². The highest BCUT2D eigenvalue weighted by atomic mass is 35.6. The molecule has 6 nitrogen and oxygen atoms in total. The molecule has 0 aliphatic rings. The fourth-order valence-corrected chi connectivity index (χ4v) is 2.66. The third kappa shape index (κ3) is 1.65. The summed E-state index contributed by atoms with van der Waals surface area (Å²) in [6, 6.07) is 1.02. The van der Waals surface area contributed by atoms with Crippen LogP contribution in [0.1, 0.15) is 5.56 Å². The lowest BCUT2D eigenvalue weighted by atomic mass is 10.0. The van der Waals surface area contributed by atoms with Gasteiger partial charge in [0.15, 0.2) is 0 Å². The summed E-state index contributed by atoms with van der Waals surface area (Å²) >= 11 is 17.2. The van der Waals surface area contributed by atoms with Gasteiger partial charge in [-0.3, -0.25) is 0 Å². The highest BCUT2D eigenvalue weighted by molar-refractivity contribution is 6.67. The predicted molar refractivity (Wildman–Crippen MR) is 72.7 cm³/mol. The van der Waals surface area contributed by atoms with Crippen molar-refractivity contribution in [2.45, 2.75) is 3.79 Å². The Labute approximate surface area is 122 Å². The molecule has 0 spiro atoms. The van der Waals surface area contributed by atoms with Crippen molar-refractivity contribution in [3.63, 3.8) is 0 Å². The molecule has 2 heterocycles. The first kappa shape index (κ1) is 13.4. The van der Waals surface area contributed by atoms with Crippen LogP contribution in [0.5, 0.6) is 0 Å². The summed E-state index contributed by atoms with van der Waals surface area (Å²) in [6.45, 7) is 0. The van der Waals surface area contributed by atoms with E-state index in [-0.39, 0.29) is 27.1 Å². The van der Waals surface area contributed by atoms with Gasteiger partial charge in [0, 0.05) is 5.56 Å². The van der Waals surface area contributed by atoms with Gasteiger partial charge in [-0.2, -0.15) is 0 Å². The molecule has 0 radical (unpaired) electrons. The lowest BCUT2D eigenvalue weighted by molar-refractivity contribution is 0.498. The summed E-state index contributed by atoms with van der Waals surface area (Å²) in [6.07, 6.45) is 0. The van der Waals surface area contributed by atoms with Crippen molar-refractivity contribution in [3.8, 4) is 0 Å². The van der Waals surface area contributed by atoms with Crippen molar-refractivity contribution in [1.29, 1.82) is 0 Å². The highest BCUT2D eigenvalue weighted by Gasteiger charge is 2.34. The minimum atomic E-state index is -2.22. The van der Waals surface area contributed by atoms with Crippen LogP contribution in [0.2, 0.25) is 0 Å². The number of fused-ring (bicyclic) bond motifs is 2. The number of halogens is 3. The van der Waals surface area contributed by atoms with Crippen LogP contribution in [-0.2, 0) is 3.79 Å². The van der Waals surface area contributed by atoms with Gasteiger partial charge in [0.25, 0.3) is 0 Å². The average Bonchev–Trinajstić information content (AvgIpc) is 2.76. The zero-order valence-corrected chi connectivity index (χ0v) is 11.4. The maximum atomic E-state index is 11.7. The molecular weight excluding hydrogens is 334 g/mol. The summed E-state index contributed by atoms with van der Waals surface area (Å²) in [4.78, 5) is 46.4. The van der Waals surface area contributed by atoms with E-state index < -0.39 is 26.3 Å². The monoisotopic (exact) mass is 334 g/mol. The van der Waals surface area contributed by atoms with E-state index in [1.165, 1.54) is 0 Å². The summed E-state index contributed by atoms with van der Waals surface area (Å²) in [5, 5.41) is -1.19. The van der Waals surface area contributed by atoms with E-state index in [4.69, 9.17) is 34.8 Å². The third-order valence-corrected chi connectivity index (χ3v) is 3.40. The first-order valence-electron chi connectivity index (χ1n) is 5.03. The van der Waals surface area contributed by atoms with Crippen molar-refractivity contribution in [2.24, 2.45) is 0 Å². The van der Waals surface area contributed by atoms with Gasteiger partial charge >= 0.3 is 22.5 Å². The van der Waals surface area contributed by atoms with Crippen LogP contribution < -0.4 is 22.5 Å². The zero-order chi connectivity index (χ0) is 14.8. The predicted octanol–water partition coefficient (Wildman–Crippen LogP) is 1.32. The Hall–Kier alpha value is -1.63. The van der Waals surface area contributed by atoms with Crippen molar-refractivity contribution < 1.29 is 8.83 Å². The molecular formula is C11HCl3O6. The summed E-state index contributed by atoms with van der Waals surface area (Å²) < 4.78 is 6.58. The molecule has 102 valence electrons. The lowest BCUT2D eigenvalue weighted by Crippen LogP contribution is -2.10. The topological polar surface area (TPSA) is 94.6 Å². The summed E-state index contributed by atoms with van der Waals surface area (Å²) in [5.41, 5.74) is -4.48. The third-order valence-electron chi connectivity index (χ3n) is 2.83. The Morgan fingerprint density at radius 3 is 1.50 bits per heavy atom. The summed E-state index contributed by atoms with van der Waals surface area (Å²) in [7, 11) is 0. The first-order valence-corrected chi connectivity index (χ1v) is 6.16. The Balaban J connectivity index is 2.85. The molecule has 0 aliphatic heterocycles. The molecule has 9 heteroatoms. The maximum absolute atomic E-state index is 11.7. The van der Waals surface area contributed by atoms with Gasteiger partial charge in [-0.25, -0.2) is 19.2 Å². The molecule has 0 amide bonds. The second kappa shape index (κ2) is 3.94. The van der Waals surface area contributed by atoms with Gasteiger partial charge in [0.2, 0.25) is 3.79 Å². The zero-order valence-electron chi connectivity index (χ0n) is 9.16. The molecule has 0 N–H and O–H groups in total. The Bertz CT molecular complexity index is 982.